The standard InChI is InChI=1S/C31H49NO2/c1-6-13-32-18-19(2)14-28-29(32)21(4)31(34-28)12-10-24-25-8-7-22-15-23(33)9-11-30(22,5)27(25)16-26(24)20(3)17-31/h7,19,21,23-25,27-29,33H,6,8-18H2,1-5H3/t19-,21+,23-,24-,25-,27-,28+,29-,30-,31-/m0/s1. The van der Waals surface area contributed by atoms with Crippen LogP contribution < -0.4 is 0 Å². The van der Waals surface area contributed by atoms with Crippen LogP contribution in [0.4, 0.5) is 0 Å². The summed E-state index contributed by atoms with van der Waals surface area (Å²) in [6.45, 7) is 14.8. The van der Waals surface area contributed by atoms with Crippen LogP contribution in [0.3, 0.4) is 0 Å². The molecule has 4 aliphatic carbocycles. The third-order valence-corrected chi connectivity index (χ3v) is 11.8. The molecule has 0 aromatic carbocycles. The van der Waals surface area contributed by atoms with Crippen molar-refractivity contribution in [2.45, 2.75) is 123 Å². The summed E-state index contributed by atoms with van der Waals surface area (Å²) >= 11 is 0. The molecule has 1 spiro atoms. The lowest BCUT2D eigenvalue weighted by Gasteiger charge is -2.49. The van der Waals surface area contributed by atoms with Gasteiger partial charge in [0.15, 0.2) is 0 Å². The Kier molecular flexibility index (Phi) is 5.90. The van der Waals surface area contributed by atoms with Gasteiger partial charge in [-0.05, 0) is 107 Å². The molecule has 1 N–H and O–H groups in total. The van der Waals surface area contributed by atoms with Crippen molar-refractivity contribution >= 4 is 0 Å². The van der Waals surface area contributed by atoms with Gasteiger partial charge in [0.2, 0.25) is 0 Å². The Labute approximate surface area is 208 Å². The van der Waals surface area contributed by atoms with E-state index in [2.05, 4.69) is 45.6 Å². The van der Waals surface area contributed by atoms with E-state index in [0.717, 1.165) is 42.9 Å². The SMILES string of the molecule is CCCN1C[C@@H](C)C[C@H]2O[C@]3(CC[C@@H]4C(=C(C)C3)C[C@H]3[C@H]4CC=C4C[C@@H](O)CC[C@@]43C)[C@H](C)[C@@H]21. The maximum atomic E-state index is 10.3. The van der Waals surface area contributed by atoms with Gasteiger partial charge < -0.3 is 9.84 Å². The first-order chi connectivity index (χ1) is 16.3. The second-order valence-corrected chi connectivity index (χ2v) is 13.7. The molecule has 2 aliphatic heterocycles. The van der Waals surface area contributed by atoms with Crippen LogP contribution in [0.2, 0.25) is 0 Å². The Morgan fingerprint density at radius 1 is 1.18 bits per heavy atom. The molecule has 2 heterocycles. The maximum absolute atomic E-state index is 10.3. The van der Waals surface area contributed by atoms with Gasteiger partial charge in [-0.25, -0.2) is 0 Å². The molecule has 190 valence electrons. The van der Waals surface area contributed by atoms with Crippen LogP contribution in [0, 0.1) is 35.0 Å². The number of aliphatic hydroxyl groups excluding tert-OH is 1. The summed E-state index contributed by atoms with van der Waals surface area (Å²) in [5, 5.41) is 10.3. The molecule has 0 aromatic heterocycles. The highest BCUT2D eigenvalue weighted by molar-refractivity contribution is 5.34. The average molecular weight is 468 g/mol. The Morgan fingerprint density at radius 3 is 2.79 bits per heavy atom. The summed E-state index contributed by atoms with van der Waals surface area (Å²) in [4.78, 5) is 2.80. The Hall–Kier alpha value is -0.640. The zero-order valence-corrected chi connectivity index (χ0v) is 22.5. The van der Waals surface area contributed by atoms with E-state index in [4.69, 9.17) is 4.74 Å². The zero-order valence-electron chi connectivity index (χ0n) is 22.5. The average Bonchev–Trinajstić information content (AvgIpc) is 3.25. The number of piperidine rings is 1. The molecule has 4 fully saturated rings. The molecular formula is C31H49NO2. The van der Waals surface area contributed by atoms with Gasteiger partial charge >= 0.3 is 0 Å². The largest absolute Gasteiger partial charge is 0.393 e. The maximum Gasteiger partial charge on any atom is 0.0765 e. The molecule has 0 unspecified atom stereocenters. The fraction of sp³-hybridized carbons (Fsp3) is 0.871. The first kappa shape index (κ1) is 23.7. The van der Waals surface area contributed by atoms with Gasteiger partial charge in [0.05, 0.1) is 17.8 Å². The molecule has 0 bridgehead atoms. The lowest BCUT2D eigenvalue weighted by molar-refractivity contribution is -0.0792. The third kappa shape index (κ3) is 3.46. The van der Waals surface area contributed by atoms with E-state index in [0.29, 0.717) is 23.5 Å². The number of hydrogen-bond donors (Lipinski definition) is 1. The van der Waals surface area contributed by atoms with Crippen molar-refractivity contribution in [2.24, 2.45) is 35.0 Å². The second-order valence-electron chi connectivity index (χ2n) is 13.7. The number of ether oxygens (including phenoxy) is 1. The van der Waals surface area contributed by atoms with E-state index in [1.807, 2.05) is 5.57 Å². The van der Waals surface area contributed by atoms with E-state index in [1.165, 1.54) is 58.0 Å². The van der Waals surface area contributed by atoms with Crippen molar-refractivity contribution in [3.8, 4) is 0 Å². The highest BCUT2D eigenvalue weighted by Crippen LogP contribution is 2.63. The van der Waals surface area contributed by atoms with E-state index < -0.39 is 0 Å². The number of likely N-dealkylation sites (tertiary alicyclic amines) is 1. The summed E-state index contributed by atoms with van der Waals surface area (Å²) in [7, 11) is 0. The van der Waals surface area contributed by atoms with E-state index >= 15 is 0 Å². The smallest absolute Gasteiger partial charge is 0.0765 e. The number of fused-ring (bicyclic) bond motifs is 6. The van der Waals surface area contributed by atoms with Crippen molar-refractivity contribution in [3.05, 3.63) is 22.8 Å². The molecule has 2 saturated carbocycles. The topological polar surface area (TPSA) is 32.7 Å². The predicted molar refractivity (Wildman–Crippen MR) is 139 cm³/mol. The van der Waals surface area contributed by atoms with Crippen LogP contribution in [0.1, 0.15) is 98.8 Å². The summed E-state index contributed by atoms with van der Waals surface area (Å²) in [5.74, 6) is 3.72. The Morgan fingerprint density at radius 2 is 2.00 bits per heavy atom. The number of nitrogens with zero attached hydrogens (tertiary/aromatic N) is 1. The van der Waals surface area contributed by atoms with Crippen molar-refractivity contribution in [3.63, 3.8) is 0 Å². The van der Waals surface area contributed by atoms with Crippen LogP contribution in [-0.2, 0) is 4.74 Å². The molecule has 3 heteroatoms. The molecule has 6 rings (SSSR count). The molecule has 6 aliphatic rings. The Bertz CT molecular complexity index is 877. The van der Waals surface area contributed by atoms with E-state index in [9.17, 15) is 5.11 Å². The van der Waals surface area contributed by atoms with Crippen LogP contribution in [0.25, 0.3) is 0 Å². The molecular weight excluding hydrogens is 418 g/mol. The number of aliphatic hydroxyl groups is 1. The minimum absolute atomic E-state index is 0.0524. The van der Waals surface area contributed by atoms with Gasteiger partial charge in [-0.2, -0.15) is 0 Å². The summed E-state index contributed by atoms with van der Waals surface area (Å²) in [6.07, 6.45) is 14.8. The number of allylic oxidation sites excluding steroid dienone is 2. The molecule has 0 radical (unpaired) electrons. The lowest BCUT2D eigenvalue weighted by Crippen LogP contribution is -2.52. The molecule has 0 aromatic rings. The monoisotopic (exact) mass is 467 g/mol. The van der Waals surface area contributed by atoms with Crippen LogP contribution in [-0.4, -0.2) is 46.9 Å². The second kappa shape index (κ2) is 8.45. The number of rotatable bonds is 2. The molecule has 0 amide bonds. The quantitative estimate of drug-likeness (QED) is 0.470. The fourth-order valence-electron chi connectivity index (χ4n) is 10.1. The highest BCUT2D eigenvalue weighted by Gasteiger charge is 2.59. The molecule has 34 heavy (non-hydrogen) atoms. The first-order valence-electron chi connectivity index (χ1n) is 14.7. The van der Waals surface area contributed by atoms with E-state index in [1.54, 1.807) is 11.1 Å². The predicted octanol–water partition coefficient (Wildman–Crippen LogP) is 6.51. The van der Waals surface area contributed by atoms with Gasteiger partial charge in [-0.3, -0.25) is 4.90 Å². The van der Waals surface area contributed by atoms with Crippen LogP contribution in [0.5, 0.6) is 0 Å². The first-order valence-corrected chi connectivity index (χ1v) is 14.7. The highest BCUT2D eigenvalue weighted by atomic mass is 16.5. The lowest BCUT2D eigenvalue weighted by atomic mass is 9.56. The van der Waals surface area contributed by atoms with Gasteiger partial charge in [-0.1, -0.05) is 50.5 Å². The van der Waals surface area contributed by atoms with Crippen molar-refractivity contribution in [1.82, 2.24) is 4.90 Å². The zero-order chi connectivity index (χ0) is 23.8. The summed E-state index contributed by atoms with van der Waals surface area (Å²) in [5.41, 5.74) is 5.45. The third-order valence-electron chi connectivity index (χ3n) is 11.8. The summed E-state index contributed by atoms with van der Waals surface area (Å²) in [6, 6.07) is 0.618. The molecule has 2 saturated heterocycles. The summed E-state index contributed by atoms with van der Waals surface area (Å²) < 4.78 is 7.21. The minimum Gasteiger partial charge on any atom is -0.393 e. The van der Waals surface area contributed by atoms with Gasteiger partial charge in [-0.15, -0.1) is 0 Å². The number of hydrogen-bond acceptors (Lipinski definition) is 3. The van der Waals surface area contributed by atoms with E-state index in [-0.39, 0.29) is 11.7 Å². The van der Waals surface area contributed by atoms with Gasteiger partial charge in [0.25, 0.3) is 0 Å². The van der Waals surface area contributed by atoms with Crippen molar-refractivity contribution < 1.29 is 9.84 Å². The molecule has 3 nitrogen and oxygen atoms in total. The normalized spacial score (nSPS) is 50.9. The van der Waals surface area contributed by atoms with Gasteiger partial charge in [0.1, 0.15) is 0 Å². The van der Waals surface area contributed by atoms with Gasteiger partial charge in [0, 0.05) is 18.5 Å². The molecule has 10 atom stereocenters. The minimum atomic E-state index is -0.108. The van der Waals surface area contributed by atoms with Crippen molar-refractivity contribution in [1.29, 1.82) is 0 Å². The Balaban J connectivity index is 1.27. The fourth-order valence-corrected chi connectivity index (χ4v) is 10.1. The van der Waals surface area contributed by atoms with Crippen LogP contribution in [0.15, 0.2) is 22.8 Å². The van der Waals surface area contributed by atoms with Crippen molar-refractivity contribution in [2.75, 3.05) is 13.1 Å². The van der Waals surface area contributed by atoms with Crippen LogP contribution >= 0.6 is 0 Å².